The highest BCUT2D eigenvalue weighted by molar-refractivity contribution is 14.0. The molecule has 2 rings (SSSR count). The molecule has 138 valence electrons. The van der Waals surface area contributed by atoms with Gasteiger partial charge in [0, 0.05) is 44.5 Å². The third kappa shape index (κ3) is 7.90. The highest BCUT2D eigenvalue weighted by Crippen LogP contribution is 2.15. The molecule has 0 spiro atoms. The molecule has 0 aliphatic carbocycles. The van der Waals surface area contributed by atoms with Crippen LogP contribution in [0.4, 0.5) is 0 Å². The minimum absolute atomic E-state index is 0. The smallest absolute Gasteiger partial charge is 0.191 e. The average Bonchev–Trinajstić information content (AvgIpc) is 3.10. The van der Waals surface area contributed by atoms with Crippen LogP contribution in [0.25, 0.3) is 0 Å². The van der Waals surface area contributed by atoms with Gasteiger partial charge >= 0.3 is 0 Å². The zero-order valence-electron chi connectivity index (χ0n) is 15.4. The van der Waals surface area contributed by atoms with Gasteiger partial charge in [0.15, 0.2) is 5.96 Å². The Labute approximate surface area is 168 Å². The molecule has 0 radical (unpaired) electrons. The molecule has 0 amide bonds. The Kier molecular flexibility index (Phi) is 10.2. The Morgan fingerprint density at radius 3 is 2.64 bits per heavy atom. The van der Waals surface area contributed by atoms with Crippen LogP contribution in [-0.2, 0) is 6.54 Å². The first-order chi connectivity index (χ1) is 11.7. The van der Waals surface area contributed by atoms with Crippen molar-refractivity contribution < 1.29 is 0 Å². The SMILES string of the molecule is CCNC(=NCC(C)c1ccc(C)cc1)NCCCn1cccn1.I. The summed E-state index contributed by atoms with van der Waals surface area (Å²) in [6.45, 7) is 9.86. The molecule has 0 saturated carbocycles. The molecule has 2 aromatic rings. The van der Waals surface area contributed by atoms with Crippen LogP contribution < -0.4 is 10.6 Å². The van der Waals surface area contributed by atoms with E-state index in [2.05, 4.69) is 60.8 Å². The van der Waals surface area contributed by atoms with E-state index in [9.17, 15) is 0 Å². The van der Waals surface area contributed by atoms with Crippen molar-refractivity contribution in [3.8, 4) is 0 Å². The van der Waals surface area contributed by atoms with E-state index in [0.29, 0.717) is 5.92 Å². The van der Waals surface area contributed by atoms with E-state index < -0.39 is 0 Å². The Morgan fingerprint density at radius 1 is 1.24 bits per heavy atom. The van der Waals surface area contributed by atoms with Gasteiger partial charge in [-0.05, 0) is 31.9 Å². The Morgan fingerprint density at radius 2 is 2.00 bits per heavy atom. The maximum atomic E-state index is 4.72. The van der Waals surface area contributed by atoms with Crippen molar-refractivity contribution in [2.24, 2.45) is 4.99 Å². The third-order valence-corrected chi connectivity index (χ3v) is 3.93. The normalized spacial score (nSPS) is 12.4. The van der Waals surface area contributed by atoms with Gasteiger partial charge in [-0.15, -0.1) is 24.0 Å². The van der Waals surface area contributed by atoms with Gasteiger partial charge in [-0.1, -0.05) is 36.8 Å². The summed E-state index contributed by atoms with van der Waals surface area (Å²) in [4.78, 5) is 4.72. The van der Waals surface area contributed by atoms with Gasteiger partial charge in [0.25, 0.3) is 0 Å². The molecule has 6 heteroatoms. The van der Waals surface area contributed by atoms with Gasteiger partial charge in [-0.25, -0.2) is 0 Å². The van der Waals surface area contributed by atoms with E-state index in [1.54, 1.807) is 0 Å². The summed E-state index contributed by atoms with van der Waals surface area (Å²) in [5, 5.41) is 10.9. The van der Waals surface area contributed by atoms with E-state index in [4.69, 9.17) is 4.99 Å². The average molecular weight is 455 g/mol. The first-order valence-electron chi connectivity index (χ1n) is 8.75. The number of aliphatic imine (C=N–C) groups is 1. The largest absolute Gasteiger partial charge is 0.357 e. The zero-order chi connectivity index (χ0) is 17.2. The lowest BCUT2D eigenvalue weighted by Crippen LogP contribution is -2.38. The molecule has 1 aromatic heterocycles. The molecule has 1 aromatic carbocycles. The molecule has 0 bridgehead atoms. The number of nitrogens with one attached hydrogen (secondary N) is 2. The fourth-order valence-corrected chi connectivity index (χ4v) is 2.45. The van der Waals surface area contributed by atoms with Crippen molar-refractivity contribution in [1.82, 2.24) is 20.4 Å². The van der Waals surface area contributed by atoms with Crippen LogP contribution in [0.2, 0.25) is 0 Å². The summed E-state index contributed by atoms with van der Waals surface area (Å²) in [7, 11) is 0. The van der Waals surface area contributed by atoms with Crippen molar-refractivity contribution in [2.45, 2.75) is 39.7 Å². The van der Waals surface area contributed by atoms with Crippen LogP contribution in [0.1, 0.15) is 37.3 Å². The molecule has 1 atom stereocenters. The number of hydrogen-bond acceptors (Lipinski definition) is 2. The second-order valence-electron chi connectivity index (χ2n) is 6.08. The third-order valence-electron chi connectivity index (χ3n) is 3.93. The van der Waals surface area contributed by atoms with Gasteiger partial charge in [0.05, 0.1) is 0 Å². The molecule has 1 heterocycles. The van der Waals surface area contributed by atoms with E-state index in [1.165, 1.54) is 11.1 Å². The van der Waals surface area contributed by atoms with E-state index >= 15 is 0 Å². The van der Waals surface area contributed by atoms with Gasteiger partial charge in [-0.3, -0.25) is 9.67 Å². The fraction of sp³-hybridized carbons (Fsp3) is 0.474. The number of halogens is 1. The number of guanidine groups is 1. The number of aromatic nitrogens is 2. The van der Waals surface area contributed by atoms with E-state index in [0.717, 1.165) is 38.6 Å². The predicted molar refractivity (Wildman–Crippen MR) is 116 cm³/mol. The summed E-state index contributed by atoms with van der Waals surface area (Å²) >= 11 is 0. The number of nitrogens with zero attached hydrogens (tertiary/aromatic N) is 3. The summed E-state index contributed by atoms with van der Waals surface area (Å²) in [6.07, 6.45) is 4.81. The highest BCUT2D eigenvalue weighted by atomic mass is 127. The number of aryl methyl sites for hydroxylation is 2. The van der Waals surface area contributed by atoms with Crippen LogP contribution >= 0.6 is 24.0 Å². The van der Waals surface area contributed by atoms with Crippen molar-refractivity contribution in [2.75, 3.05) is 19.6 Å². The zero-order valence-corrected chi connectivity index (χ0v) is 17.7. The minimum atomic E-state index is 0. The van der Waals surface area contributed by atoms with Crippen LogP contribution in [0.5, 0.6) is 0 Å². The molecule has 5 nitrogen and oxygen atoms in total. The molecular formula is C19H30IN5. The monoisotopic (exact) mass is 455 g/mol. The van der Waals surface area contributed by atoms with Crippen LogP contribution in [0.3, 0.4) is 0 Å². The topological polar surface area (TPSA) is 54.2 Å². The van der Waals surface area contributed by atoms with Crippen LogP contribution in [0, 0.1) is 6.92 Å². The van der Waals surface area contributed by atoms with Crippen molar-refractivity contribution in [3.05, 3.63) is 53.9 Å². The molecule has 0 saturated heterocycles. The van der Waals surface area contributed by atoms with Crippen LogP contribution in [-0.4, -0.2) is 35.4 Å². The van der Waals surface area contributed by atoms with Gasteiger partial charge < -0.3 is 10.6 Å². The van der Waals surface area contributed by atoms with Crippen molar-refractivity contribution >= 4 is 29.9 Å². The van der Waals surface area contributed by atoms with Crippen LogP contribution in [0.15, 0.2) is 47.7 Å². The maximum Gasteiger partial charge on any atom is 0.191 e. The quantitative estimate of drug-likeness (QED) is 0.277. The second kappa shape index (κ2) is 11.9. The first-order valence-corrected chi connectivity index (χ1v) is 8.75. The molecule has 25 heavy (non-hydrogen) atoms. The number of hydrogen-bond donors (Lipinski definition) is 2. The lowest BCUT2D eigenvalue weighted by atomic mass is 10.0. The minimum Gasteiger partial charge on any atom is -0.357 e. The summed E-state index contributed by atoms with van der Waals surface area (Å²) in [5.41, 5.74) is 2.63. The summed E-state index contributed by atoms with van der Waals surface area (Å²) in [6, 6.07) is 10.7. The van der Waals surface area contributed by atoms with E-state index in [-0.39, 0.29) is 24.0 Å². The molecule has 1 unspecified atom stereocenters. The van der Waals surface area contributed by atoms with E-state index in [1.807, 2.05) is 23.1 Å². The van der Waals surface area contributed by atoms with Gasteiger partial charge in [0.1, 0.15) is 0 Å². The maximum absolute atomic E-state index is 4.72. The predicted octanol–water partition coefficient (Wildman–Crippen LogP) is 3.56. The number of rotatable bonds is 8. The first kappa shape index (κ1) is 21.5. The lowest BCUT2D eigenvalue weighted by molar-refractivity contribution is 0.570. The standard InChI is InChI=1S/C19H29N5.HI/c1-4-20-19(21-11-5-13-24-14-6-12-23-24)22-15-17(3)18-9-7-16(2)8-10-18;/h6-10,12,14,17H,4-5,11,13,15H2,1-3H3,(H2,20,21,22);1H. The summed E-state index contributed by atoms with van der Waals surface area (Å²) in [5.74, 6) is 1.29. The van der Waals surface area contributed by atoms with Crippen molar-refractivity contribution in [3.63, 3.8) is 0 Å². The van der Waals surface area contributed by atoms with Crippen molar-refractivity contribution in [1.29, 1.82) is 0 Å². The Bertz CT molecular complexity index is 607. The lowest BCUT2D eigenvalue weighted by Gasteiger charge is -2.14. The highest BCUT2D eigenvalue weighted by Gasteiger charge is 2.05. The van der Waals surface area contributed by atoms with Gasteiger partial charge in [0.2, 0.25) is 0 Å². The molecule has 0 fully saturated rings. The number of benzene rings is 1. The second-order valence-corrected chi connectivity index (χ2v) is 6.08. The molecule has 0 aliphatic rings. The Balaban J connectivity index is 0.00000312. The fourth-order valence-electron chi connectivity index (χ4n) is 2.45. The molecule has 2 N–H and O–H groups in total. The Hall–Kier alpha value is -1.57. The van der Waals surface area contributed by atoms with Gasteiger partial charge in [-0.2, -0.15) is 5.10 Å². The summed E-state index contributed by atoms with van der Waals surface area (Å²) < 4.78 is 1.95. The molecular weight excluding hydrogens is 425 g/mol. The molecule has 0 aliphatic heterocycles.